The van der Waals surface area contributed by atoms with Gasteiger partial charge in [0.25, 0.3) is 0 Å². The second-order valence-electron chi connectivity index (χ2n) is 14.0. The van der Waals surface area contributed by atoms with Crippen molar-refractivity contribution in [3.8, 4) is 23.0 Å². The highest BCUT2D eigenvalue weighted by Crippen LogP contribution is 2.44. The number of ketones is 1. The molecule has 0 aliphatic rings. The number of hydrogen-bond donors (Lipinski definition) is 8. The molecular weight excluding hydrogens is 1050 g/mol. The molecule has 0 fully saturated rings. The molecule has 0 aromatic heterocycles. The highest BCUT2D eigenvalue weighted by Gasteiger charge is 2.43. The summed E-state index contributed by atoms with van der Waals surface area (Å²) in [4.78, 5) is 104. The van der Waals surface area contributed by atoms with E-state index in [0.29, 0.717) is 12.1 Å². The lowest BCUT2D eigenvalue weighted by atomic mass is 9.90. The molecule has 0 saturated heterocycles. The van der Waals surface area contributed by atoms with Crippen LogP contribution < -0.4 is 9.47 Å². The Balaban J connectivity index is 0.000000325. The Morgan fingerprint density at radius 2 is 0.581 bits per heavy atom. The number of carboxylic acid groups (broad SMARTS) is 8. The van der Waals surface area contributed by atoms with Gasteiger partial charge in [0.05, 0.1) is 55.6 Å². The van der Waals surface area contributed by atoms with Crippen LogP contribution in [0, 0.1) is 0 Å². The van der Waals surface area contributed by atoms with Crippen molar-refractivity contribution in [2.24, 2.45) is 0 Å². The minimum atomic E-state index is -5.52. The third-order valence-corrected chi connectivity index (χ3v) is 9.39. The third kappa shape index (κ3) is 12.1. The van der Waals surface area contributed by atoms with Gasteiger partial charge >= 0.3 is 72.5 Å². The first kappa shape index (κ1) is 56.9. The van der Waals surface area contributed by atoms with Crippen molar-refractivity contribution in [3.05, 3.63) is 151 Å². The summed E-state index contributed by atoms with van der Waals surface area (Å²) in [7, 11) is 0. The molecule has 5 aromatic carbocycles. The number of halogens is 12. The average molecular weight is 1070 g/mol. The summed E-state index contributed by atoms with van der Waals surface area (Å²) in [6.45, 7) is 0. The Labute approximate surface area is 397 Å². The fourth-order valence-corrected chi connectivity index (χ4v) is 6.49. The maximum absolute atomic E-state index is 13.4. The van der Waals surface area contributed by atoms with Gasteiger partial charge in [-0.05, 0) is 60.7 Å². The van der Waals surface area contributed by atoms with Gasteiger partial charge in [0.1, 0.15) is 22.6 Å². The number of aromatic carboxylic acids is 8. The first-order valence-corrected chi connectivity index (χ1v) is 18.7. The van der Waals surface area contributed by atoms with Crippen molar-refractivity contribution in [1.82, 2.24) is 0 Å². The number of benzene rings is 5. The molecule has 0 spiro atoms. The average Bonchev–Trinajstić information content (AvgIpc) is 3.26. The van der Waals surface area contributed by atoms with Crippen molar-refractivity contribution < 1.29 is 146 Å². The summed E-state index contributed by atoms with van der Waals surface area (Å²) in [5.41, 5.74) is -23.0. The van der Waals surface area contributed by atoms with Crippen LogP contribution in [0.15, 0.2) is 72.8 Å². The predicted octanol–water partition coefficient (Wildman–Crippen LogP) is 9.85. The lowest BCUT2D eigenvalue weighted by Gasteiger charge is -2.19. The molecule has 31 heteroatoms. The highest BCUT2D eigenvalue weighted by molar-refractivity contribution is 6.14. The summed E-state index contributed by atoms with van der Waals surface area (Å²) in [6.07, 6.45) is -21.6. The Bertz CT molecular complexity index is 3010. The maximum atomic E-state index is 13.4. The molecule has 0 aliphatic heterocycles. The lowest BCUT2D eigenvalue weighted by Crippen LogP contribution is -2.21. The van der Waals surface area contributed by atoms with Crippen LogP contribution in [-0.4, -0.2) is 94.4 Å². The zero-order valence-corrected chi connectivity index (χ0v) is 35.0. The summed E-state index contributed by atoms with van der Waals surface area (Å²) in [5, 5.41) is 73.8. The summed E-state index contributed by atoms with van der Waals surface area (Å²) >= 11 is 0. The molecule has 19 nitrogen and oxygen atoms in total. The molecule has 0 unspecified atom stereocenters. The molecule has 0 bridgehead atoms. The van der Waals surface area contributed by atoms with Gasteiger partial charge in [-0.15, -0.1) is 0 Å². The smallest absolute Gasteiger partial charge is 0.417 e. The minimum absolute atomic E-state index is 0.128. The Kier molecular flexibility index (Phi) is 15.8. The van der Waals surface area contributed by atoms with Crippen LogP contribution in [0.5, 0.6) is 23.0 Å². The number of hydrogen-bond acceptors (Lipinski definition) is 11. The van der Waals surface area contributed by atoms with Gasteiger partial charge in [0, 0.05) is 11.1 Å². The molecule has 0 amide bonds. The van der Waals surface area contributed by atoms with Crippen molar-refractivity contribution in [3.63, 3.8) is 0 Å². The van der Waals surface area contributed by atoms with Gasteiger partial charge in [0.2, 0.25) is 0 Å². The van der Waals surface area contributed by atoms with E-state index in [1.165, 1.54) is 12.1 Å². The zero-order chi connectivity index (χ0) is 56.5. The van der Waals surface area contributed by atoms with Crippen LogP contribution >= 0.6 is 0 Å². The Morgan fingerprint density at radius 3 is 0.811 bits per heavy atom. The van der Waals surface area contributed by atoms with Crippen LogP contribution in [0.3, 0.4) is 0 Å². The standard InChI is InChI=1S/C24H12F6O10.C19H8F6O9/c25-23(26,27)9-5-7-13(17(21(35)36)15(9)19(31)32)39-11-3-1-2-4-12(11)40-14-8-6-10(24(28,29)30)16(20(33)34)18(14)22(37)38;20-18(21,22)9-3-5(1-7(14(27)28)11(9)16(31)32)13(26)6-2-8(15(29)30)12(17(33)34)10(4-6)19(23,24)25/h1-8H,(H,31,32)(H,33,34)(H,35,36)(H,37,38);1-4H,(H,27,28)(H,29,30)(H,31,32)(H,33,34). The Morgan fingerprint density at radius 1 is 0.311 bits per heavy atom. The molecule has 0 heterocycles. The quantitative estimate of drug-likeness (QED) is 0.0378. The van der Waals surface area contributed by atoms with E-state index >= 15 is 0 Å². The second kappa shape index (κ2) is 20.6. The Hall–Kier alpha value is -9.71. The minimum Gasteiger partial charge on any atom is -0.478 e. The summed E-state index contributed by atoms with van der Waals surface area (Å²) in [6, 6.07) is 6.01. The third-order valence-electron chi connectivity index (χ3n) is 9.39. The topological polar surface area (TPSA) is 334 Å². The van der Waals surface area contributed by atoms with E-state index < -0.39 is 179 Å². The first-order chi connectivity index (χ1) is 33.8. The van der Waals surface area contributed by atoms with Gasteiger partial charge in [-0.1, -0.05) is 12.1 Å². The number of rotatable bonds is 14. The molecular formula is C43H20F12O19. The van der Waals surface area contributed by atoms with Gasteiger partial charge < -0.3 is 50.3 Å². The predicted molar refractivity (Wildman–Crippen MR) is 211 cm³/mol. The van der Waals surface area contributed by atoms with Crippen LogP contribution in [0.25, 0.3) is 0 Å². The second-order valence-corrected chi connectivity index (χ2v) is 14.0. The SMILES string of the molecule is O=C(O)c1c(Oc2ccccc2Oc2ccc(C(F)(F)F)c(C(=O)O)c2C(=O)O)ccc(C(F)(F)F)c1C(=O)O.O=C(c1cc(C(=O)O)c(C(=O)O)c(C(F)(F)F)c1)c1cc(C(=O)O)c(C(=O)O)c(C(F)(F)F)c1. The van der Waals surface area contributed by atoms with Gasteiger partial charge in [0.15, 0.2) is 17.3 Å². The largest absolute Gasteiger partial charge is 0.478 e. The van der Waals surface area contributed by atoms with E-state index in [9.17, 15) is 116 Å². The van der Waals surface area contributed by atoms with E-state index in [-0.39, 0.29) is 36.4 Å². The zero-order valence-electron chi connectivity index (χ0n) is 35.0. The number of alkyl halides is 12. The fourth-order valence-electron chi connectivity index (χ4n) is 6.49. The molecule has 0 atom stereocenters. The summed E-state index contributed by atoms with van der Waals surface area (Å²) in [5.74, 6) is -22.6. The monoisotopic (exact) mass is 1070 g/mol. The van der Waals surface area contributed by atoms with E-state index in [4.69, 9.17) is 29.9 Å². The van der Waals surface area contributed by atoms with Crippen LogP contribution in [0.2, 0.25) is 0 Å². The lowest BCUT2D eigenvalue weighted by molar-refractivity contribution is -0.138. The number of ether oxygens (including phenoxy) is 2. The van der Waals surface area contributed by atoms with Crippen LogP contribution in [-0.2, 0) is 24.7 Å². The van der Waals surface area contributed by atoms with Crippen LogP contribution in [0.4, 0.5) is 52.7 Å². The maximum Gasteiger partial charge on any atom is 0.417 e. The molecule has 74 heavy (non-hydrogen) atoms. The fraction of sp³-hybridized carbons (Fsp3) is 0.0930. The number of carboxylic acids is 8. The van der Waals surface area contributed by atoms with Crippen LogP contribution in [0.1, 0.15) is 121 Å². The normalized spacial score (nSPS) is 11.6. The molecule has 0 aliphatic carbocycles. The van der Waals surface area contributed by atoms with Crippen molar-refractivity contribution in [1.29, 1.82) is 0 Å². The molecule has 5 aromatic rings. The van der Waals surface area contributed by atoms with Gasteiger partial charge in [-0.3, -0.25) is 4.79 Å². The van der Waals surface area contributed by atoms with E-state index in [1.807, 2.05) is 0 Å². The number of carbonyl (C=O) groups is 9. The van der Waals surface area contributed by atoms with E-state index in [0.717, 1.165) is 12.1 Å². The molecule has 8 N–H and O–H groups in total. The van der Waals surface area contributed by atoms with E-state index in [2.05, 4.69) is 0 Å². The molecule has 0 radical (unpaired) electrons. The molecule has 390 valence electrons. The first-order valence-electron chi connectivity index (χ1n) is 18.7. The van der Waals surface area contributed by atoms with Crippen molar-refractivity contribution >= 4 is 53.5 Å². The van der Waals surface area contributed by atoms with E-state index in [1.54, 1.807) is 0 Å². The highest BCUT2D eigenvalue weighted by atomic mass is 19.4. The molecule has 5 rings (SSSR count). The number of para-hydroxylation sites is 2. The summed E-state index contributed by atoms with van der Waals surface area (Å²) < 4.78 is 171. The van der Waals surface area contributed by atoms with Gasteiger partial charge in [-0.2, -0.15) is 52.7 Å². The van der Waals surface area contributed by atoms with Crippen molar-refractivity contribution in [2.75, 3.05) is 0 Å². The number of carbonyl (C=O) groups excluding carboxylic acids is 1. The van der Waals surface area contributed by atoms with Gasteiger partial charge in [-0.25, -0.2) is 38.4 Å². The van der Waals surface area contributed by atoms with Crippen molar-refractivity contribution in [2.45, 2.75) is 24.7 Å². The molecule has 0 saturated carbocycles.